The quantitative estimate of drug-likeness (QED) is 0.776. The van der Waals surface area contributed by atoms with Crippen molar-refractivity contribution in [3.8, 4) is 6.07 Å². The van der Waals surface area contributed by atoms with Crippen molar-refractivity contribution in [1.82, 2.24) is 10.2 Å². The fourth-order valence-corrected chi connectivity index (χ4v) is 3.65. The Morgan fingerprint density at radius 2 is 1.90 bits per heavy atom. The Hall–Kier alpha value is -0.590. The van der Waals surface area contributed by atoms with Crippen LogP contribution >= 0.6 is 0 Å². The van der Waals surface area contributed by atoms with E-state index >= 15 is 0 Å². The summed E-state index contributed by atoms with van der Waals surface area (Å²) in [6.45, 7) is 14.7. The second-order valence-corrected chi connectivity index (χ2v) is 7.16. The van der Waals surface area contributed by atoms with E-state index in [-0.39, 0.29) is 5.54 Å². The number of nitrogens with zero attached hydrogens (tertiary/aromatic N) is 2. The number of nitrogens with one attached hydrogen (secondary N) is 1. The van der Waals surface area contributed by atoms with E-state index in [0.717, 1.165) is 37.6 Å². The zero-order valence-electron chi connectivity index (χ0n) is 14.1. The molecule has 0 aromatic carbocycles. The normalized spacial score (nSPS) is 27.2. The highest BCUT2D eigenvalue weighted by molar-refractivity contribution is 5.06. The Morgan fingerprint density at radius 3 is 2.35 bits per heavy atom. The first-order chi connectivity index (χ1) is 9.40. The fourth-order valence-electron chi connectivity index (χ4n) is 3.65. The monoisotopic (exact) mass is 279 g/mol. The van der Waals surface area contributed by atoms with Gasteiger partial charge in [0.15, 0.2) is 0 Å². The molecule has 0 bridgehead atoms. The lowest BCUT2D eigenvalue weighted by Crippen LogP contribution is -2.47. The molecule has 0 aromatic heterocycles. The molecule has 1 saturated heterocycles. The number of likely N-dealkylation sites (tertiary alicyclic amines) is 1. The number of hydrogen-bond donors (Lipinski definition) is 1. The first-order valence-corrected chi connectivity index (χ1v) is 8.32. The van der Waals surface area contributed by atoms with Gasteiger partial charge in [-0.15, -0.1) is 0 Å². The number of nitriles is 1. The largest absolute Gasteiger partial charge is 0.303 e. The van der Waals surface area contributed by atoms with E-state index in [4.69, 9.17) is 0 Å². The topological polar surface area (TPSA) is 39.1 Å². The molecule has 3 atom stereocenters. The lowest BCUT2D eigenvalue weighted by Gasteiger charge is -2.36. The summed E-state index contributed by atoms with van der Waals surface area (Å²) in [4.78, 5) is 2.59. The van der Waals surface area contributed by atoms with E-state index in [2.05, 4.69) is 50.9 Å². The van der Waals surface area contributed by atoms with Crippen LogP contribution < -0.4 is 5.32 Å². The van der Waals surface area contributed by atoms with Crippen LogP contribution in [0.1, 0.15) is 60.3 Å². The van der Waals surface area contributed by atoms with Gasteiger partial charge in [0.1, 0.15) is 5.54 Å². The van der Waals surface area contributed by atoms with Crippen molar-refractivity contribution in [2.45, 2.75) is 71.9 Å². The van der Waals surface area contributed by atoms with Crippen LogP contribution in [0.25, 0.3) is 0 Å². The molecular formula is C17H33N3. The number of rotatable bonds is 7. The van der Waals surface area contributed by atoms with Gasteiger partial charge in [-0.2, -0.15) is 5.26 Å². The molecule has 1 aliphatic rings. The molecule has 0 radical (unpaired) electrons. The van der Waals surface area contributed by atoms with Crippen LogP contribution in [0.2, 0.25) is 0 Å². The van der Waals surface area contributed by atoms with Gasteiger partial charge >= 0.3 is 0 Å². The third-order valence-corrected chi connectivity index (χ3v) is 4.40. The molecule has 1 rings (SSSR count). The Bertz CT molecular complexity index is 311. The summed E-state index contributed by atoms with van der Waals surface area (Å²) in [7, 11) is 0. The highest BCUT2D eigenvalue weighted by Gasteiger charge is 2.28. The first kappa shape index (κ1) is 17.5. The van der Waals surface area contributed by atoms with Gasteiger partial charge in [0.2, 0.25) is 0 Å². The van der Waals surface area contributed by atoms with Gasteiger partial charge in [-0.25, -0.2) is 0 Å². The van der Waals surface area contributed by atoms with Crippen LogP contribution in [-0.2, 0) is 0 Å². The summed E-state index contributed by atoms with van der Waals surface area (Å²) < 4.78 is 0. The summed E-state index contributed by atoms with van der Waals surface area (Å²) in [6.07, 6.45) is 4.31. The summed E-state index contributed by atoms with van der Waals surface area (Å²) in [6, 6.07) is 2.89. The van der Waals surface area contributed by atoms with Gasteiger partial charge in [0.05, 0.1) is 6.07 Å². The molecule has 1 N–H and O–H groups in total. The Labute approximate surface area is 125 Å². The van der Waals surface area contributed by atoms with E-state index < -0.39 is 0 Å². The molecule has 0 aromatic rings. The van der Waals surface area contributed by atoms with Gasteiger partial charge < -0.3 is 4.90 Å². The van der Waals surface area contributed by atoms with Crippen LogP contribution in [0, 0.1) is 23.2 Å². The Kier molecular flexibility index (Phi) is 6.99. The van der Waals surface area contributed by atoms with Gasteiger partial charge in [0, 0.05) is 19.1 Å². The first-order valence-electron chi connectivity index (χ1n) is 8.32. The smallest absolute Gasteiger partial charge is 0.106 e. The highest BCUT2D eigenvalue weighted by Crippen LogP contribution is 2.23. The van der Waals surface area contributed by atoms with E-state index in [1.165, 1.54) is 19.5 Å². The van der Waals surface area contributed by atoms with Crippen LogP contribution in [0.4, 0.5) is 0 Å². The zero-order chi connectivity index (χ0) is 15.2. The third-order valence-electron chi connectivity index (χ3n) is 4.40. The molecule has 1 fully saturated rings. The van der Waals surface area contributed by atoms with E-state index in [1.54, 1.807) is 0 Å². The SMILES string of the molecule is CCC(C#N)(CCCN1CC(C)CC(C)C1)NC(C)C. The lowest BCUT2D eigenvalue weighted by molar-refractivity contribution is 0.135. The van der Waals surface area contributed by atoms with Crippen molar-refractivity contribution in [3.05, 3.63) is 0 Å². The van der Waals surface area contributed by atoms with E-state index in [0.29, 0.717) is 6.04 Å². The molecule has 0 aliphatic carbocycles. The van der Waals surface area contributed by atoms with Crippen molar-refractivity contribution in [1.29, 1.82) is 5.26 Å². The van der Waals surface area contributed by atoms with E-state index in [9.17, 15) is 5.26 Å². The third kappa shape index (κ3) is 5.42. The Morgan fingerprint density at radius 1 is 1.30 bits per heavy atom. The minimum Gasteiger partial charge on any atom is -0.303 e. The molecule has 3 nitrogen and oxygen atoms in total. The van der Waals surface area contributed by atoms with Crippen molar-refractivity contribution < 1.29 is 0 Å². The summed E-state index contributed by atoms with van der Waals surface area (Å²) in [5.74, 6) is 1.64. The number of hydrogen-bond acceptors (Lipinski definition) is 3. The molecule has 3 unspecified atom stereocenters. The summed E-state index contributed by atoms with van der Waals surface area (Å²) in [5, 5.41) is 13.0. The predicted octanol–water partition coefficient (Wildman–Crippen LogP) is 3.41. The second kappa shape index (κ2) is 8.00. The maximum Gasteiger partial charge on any atom is 0.106 e. The van der Waals surface area contributed by atoms with Crippen molar-refractivity contribution in [2.24, 2.45) is 11.8 Å². The zero-order valence-corrected chi connectivity index (χ0v) is 14.1. The molecule has 116 valence electrons. The predicted molar refractivity (Wildman–Crippen MR) is 85.5 cm³/mol. The average Bonchev–Trinajstić information content (AvgIpc) is 2.36. The minimum absolute atomic E-state index is 0.332. The van der Waals surface area contributed by atoms with Gasteiger partial charge in [-0.05, 0) is 57.9 Å². The molecule has 0 saturated carbocycles. The second-order valence-electron chi connectivity index (χ2n) is 7.16. The maximum atomic E-state index is 9.52. The molecule has 20 heavy (non-hydrogen) atoms. The van der Waals surface area contributed by atoms with Crippen molar-refractivity contribution in [2.75, 3.05) is 19.6 Å². The van der Waals surface area contributed by atoms with Gasteiger partial charge in [0.25, 0.3) is 0 Å². The summed E-state index contributed by atoms with van der Waals surface area (Å²) >= 11 is 0. The Balaban J connectivity index is 2.42. The lowest BCUT2D eigenvalue weighted by atomic mass is 9.89. The van der Waals surface area contributed by atoms with Crippen molar-refractivity contribution in [3.63, 3.8) is 0 Å². The van der Waals surface area contributed by atoms with E-state index in [1.807, 2.05) is 0 Å². The maximum absolute atomic E-state index is 9.52. The van der Waals surface area contributed by atoms with Crippen molar-refractivity contribution >= 4 is 0 Å². The molecule has 1 heterocycles. The van der Waals surface area contributed by atoms with Crippen LogP contribution in [0.3, 0.4) is 0 Å². The fraction of sp³-hybridized carbons (Fsp3) is 0.941. The molecule has 1 aliphatic heterocycles. The van der Waals surface area contributed by atoms with Crippen LogP contribution in [0.5, 0.6) is 0 Å². The number of piperidine rings is 1. The van der Waals surface area contributed by atoms with Gasteiger partial charge in [-0.3, -0.25) is 5.32 Å². The van der Waals surface area contributed by atoms with Gasteiger partial charge in [-0.1, -0.05) is 20.8 Å². The minimum atomic E-state index is -0.332. The standard InChI is InChI=1S/C17H33N3/c1-6-17(13-18,19-14(2)3)8-7-9-20-11-15(4)10-16(5)12-20/h14-16,19H,6-12H2,1-5H3. The molecule has 0 spiro atoms. The summed E-state index contributed by atoms with van der Waals surface area (Å²) in [5.41, 5.74) is -0.332. The van der Waals surface area contributed by atoms with Crippen LogP contribution in [-0.4, -0.2) is 36.1 Å². The molecule has 0 amide bonds. The average molecular weight is 279 g/mol. The van der Waals surface area contributed by atoms with Crippen LogP contribution in [0.15, 0.2) is 0 Å². The highest BCUT2D eigenvalue weighted by atomic mass is 15.1. The molecular weight excluding hydrogens is 246 g/mol. The molecule has 3 heteroatoms.